The van der Waals surface area contributed by atoms with Gasteiger partial charge in [-0.05, 0) is 43.4 Å². The van der Waals surface area contributed by atoms with Crippen molar-refractivity contribution < 1.29 is 4.79 Å². The number of hydrogen-bond acceptors (Lipinski definition) is 2. The van der Waals surface area contributed by atoms with Crippen molar-refractivity contribution in [2.75, 3.05) is 18.8 Å². The van der Waals surface area contributed by atoms with Crippen LogP contribution in [0.2, 0.25) is 5.02 Å². The second-order valence-corrected chi connectivity index (χ2v) is 5.64. The first-order chi connectivity index (χ1) is 9.11. The van der Waals surface area contributed by atoms with Crippen LogP contribution in [0, 0.1) is 5.92 Å². The highest BCUT2D eigenvalue weighted by atomic mass is 35.5. The van der Waals surface area contributed by atoms with Gasteiger partial charge in [-0.25, -0.2) is 0 Å². The third-order valence-corrected chi connectivity index (χ3v) is 4.26. The van der Waals surface area contributed by atoms with E-state index in [0.717, 1.165) is 31.8 Å². The monoisotopic (exact) mass is 280 g/mol. The van der Waals surface area contributed by atoms with Gasteiger partial charge in [0.05, 0.1) is 10.6 Å². The average molecular weight is 281 g/mol. The smallest absolute Gasteiger partial charge is 0.255 e. The molecule has 2 N–H and O–H groups in total. The summed E-state index contributed by atoms with van der Waals surface area (Å²) in [7, 11) is 0. The predicted octanol–water partition coefficient (Wildman–Crippen LogP) is 3.57. The number of carbonyl (C=O) groups is 1. The molecule has 19 heavy (non-hydrogen) atoms. The van der Waals surface area contributed by atoms with Crippen molar-refractivity contribution in [2.45, 2.75) is 32.6 Å². The fourth-order valence-electron chi connectivity index (χ4n) is 2.65. The van der Waals surface area contributed by atoms with Crippen molar-refractivity contribution in [1.29, 1.82) is 0 Å². The Bertz CT molecular complexity index is 461. The third-order valence-electron chi connectivity index (χ3n) is 3.93. The van der Waals surface area contributed by atoms with Crippen LogP contribution in [-0.4, -0.2) is 23.9 Å². The Balaban J connectivity index is 2.13. The number of hydrogen-bond donors (Lipinski definition) is 1. The lowest BCUT2D eigenvalue weighted by Crippen LogP contribution is -2.32. The van der Waals surface area contributed by atoms with Crippen LogP contribution in [0.4, 0.5) is 5.69 Å². The summed E-state index contributed by atoms with van der Waals surface area (Å²) in [5.74, 6) is 0.753. The minimum Gasteiger partial charge on any atom is -0.399 e. The van der Waals surface area contributed by atoms with Crippen molar-refractivity contribution in [3.63, 3.8) is 0 Å². The van der Waals surface area contributed by atoms with E-state index in [2.05, 4.69) is 6.92 Å². The zero-order chi connectivity index (χ0) is 13.8. The van der Waals surface area contributed by atoms with Gasteiger partial charge in [0.1, 0.15) is 0 Å². The maximum absolute atomic E-state index is 12.5. The first-order valence-electron chi connectivity index (χ1n) is 6.96. The number of benzene rings is 1. The molecule has 0 saturated carbocycles. The topological polar surface area (TPSA) is 46.3 Å². The van der Waals surface area contributed by atoms with Crippen LogP contribution < -0.4 is 5.73 Å². The lowest BCUT2D eigenvalue weighted by molar-refractivity contribution is 0.0760. The molecular formula is C15H21ClN2O. The minimum absolute atomic E-state index is 0.00838. The quantitative estimate of drug-likeness (QED) is 0.842. The van der Waals surface area contributed by atoms with Crippen LogP contribution in [0.5, 0.6) is 0 Å². The summed E-state index contributed by atoms with van der Waals surface area (Å²) >= 11 is 6.10. The minimum atomic E-state index is 0.00838. The van der Waals surface area contributed by atoms with E-state index in [9.17, 15) is 4.79 Å². The molecule has 104 valence electrons. The molecule has 1 saturated heterocycles. The largest absolute Gasteiger partial charge is 0.399 e. The fourth-order valence-corrected chi connectivity index (χ4v) is 2.85. The average Bonchev–Trinajstić information content (AvgIpc) is 2.66. The van der Waals surface area contributed by atoms with Crippen molar-refractivity contribution in [2.24, 2.45) is 5.92 Å². The van der Waals surface area contributed by atoms with E-state index in [-0.39, 0.29) is 5.91 Å². The van der Waals surface area contributed by atoms with Crippen molar-refractivity contribution in [1.82, 2.24) is 4.90 Å². The van der Waals surface area contributed by atoms with E-state index in [0.29, 0.717) is 16.3 Å². The number of anilines is 1. The summed E-state index contributed by atoms with van der Waals surface area (Å²) in [6, 6.07) is 5.08. The Morgan fingerprint density at radius 1 is 1.42 bits per heavy atom. The van der Waals surface area contributed by atoms with E-state index >= 15 is 0 Å². The van der Waals surface area contributed by atoms with Crippen LogP contribution >= 0.6 is 11.6 Å². The summed E-state index contributed by atoms with van der Waals surface area (Å²) in [6.07, 6.45) is 4.57. The molecule has 0 aromatic heterocycles. The number of halogens is 1. The van der Waals surface area contributed by atoms with E-state index in [4.69, 9.17) is 17.3 Å². The second kappa shape index (κ2) is 6.29. The van der Waals surface area contributed by atoms with Gasteiger partial charge in [0.2, 0.25) is 0 Å². The lowest BCUT2D eigenvalue weighted by atomic mass is 9.98. The molecule has 1 atom stereocenters. The molecule has 0 aliphatic carbocycles. The van der Waals surface area contributed by atoms with Crippen LogP contribution in [0.25, 0.3) is 0 Å². The van der Waals surface area contributed by atoms with Crippen LogP contribution in [-0.2, 0) is 0 Å². The van der Waals surface area contributed by atoms with Gasteiger partial charge in [-0.15, -0.1) is 0 Å². The van der Waals surface area contributed by atoms with Gasteiger partial charge in [0, 0.05) is 18.8 Å². The Kier molecular flexibility index (Phi) is 4.70. The third kappa shape index (κ3) is 3.41. The Morgan fingerprint density at radius 3 is 2.95 bits per heavy atom. The Labute approximate surface area is 119 Å². The van der Waals surface area contributed by atoms with Gasteiger partial charge in [-0.3, -0.25) is 4.79 Å². The molecule has 0 radical (unpaired) electrons. The van der Waals surface area contributed by atoms with Gasteiger partial charge in [0.15, 0.2) is 0 Å². The molecule has 4 heteroatoms. The van der Waals surface area contributed by atoms with E-state index < -0.39 is 0 Å². The summed E-state index contributed by atoms with van der Waals surface area (Å²) in [4.78, 5) is 14.4. The predicted molar refractivity (Wildman–Crippen MR) is 79.4 cm³/mol. The molecule has 3 nitrogen and oxygen atoms in total. The lowest BCUT2D eigenvalue weighted by Gasteiger charge is -2.21. The molecular weight excluding hydrogens is 260 g/mol. The number of rotatable bonds is 2. The standard InChI is InChI=1S/C15H21ClN2O/c1-2-11-4-3-8-18(9-7-11)15(19)13-10-12(17)5-6-14(13)16/h5-6,10-11H,2-4,7-9,17H2,1H3. The highest BCUT2D eigenvalue weighted by Crippen LogP contribution is 2.24. The van der Waals surface area contributed by atoms with Gasteiger partial charge < -0.3 is 10.6 Å². The van der Waals surface area contributed by atoms with Gasteiger partial charge >= 0.3 is 0 Å². The maximum Gasteiger partial charge on any atom is 0.255 e. The van der Waals surface area contributed by atoms with Crippen LogP contribution in [0.3, 0.4) is 0 Å². The Hall–Kier alpha value is -1.22. The zero-order valence-corrected chi connectivity index (χ0v) is 12.1. The summed E-state index contributed by atoms with van der Waals surface area (Å²) in [5.41, 5.74) is 6.84. The first kappa shape index (κ1) is 14.2. The first-order valence-corrected chi connectivity index (χ1v) is 7.34. The van der Waals surface area contributed by atoms with Crippen molar-refractivity contribution in [3.8, 4) is 0 Å². The number of likely N-dealkylation sites (tertiary alicyclic amines) is 1. The number of nitrogen functional groups attached to an aromatic ring is 1. The van der Waals surface area contributed by atoms with Crippen LogP contribution in [0.1, 0.15) is 43.0 Å². The van der Waals surface area contributed by atoms with Gasteiger partial charge in [-0.1, -0.05) is 24.9 Å². The number of carbonyl (C=O) groups excluding carboxylic acids is 1. The highest BCUT2D eigenvalue weighted by Gasteiger charge is 2.22. The van der Waals surface area contributed by atoms with Crippen molar-refractivity contribution >= 4 is 23.2 Å². The van der Waals surface area contributed by atoms with Crippen LogP contribution in [0.15, 0.2) is 18.2 Å². The SMILES string of the molecule is CCC1CCCN(C(=O)c2cc(N)ccc2Cl)CC1. The molecule has 1 aromatic rings. The Morgan fingerprint density at radius 2 is 2.21 bits per heavy atom. The van der Waals surface area contributed by atoms with Gasteiger partial charge in [-0.2, -0.15) is 0 Å². The molecule has 1 heterocycles. The van der Waals surface area contributed by atoms with Crippen molar-refractivity contribution in [3.05, 3.63) is 28.8 Å². The molecule has 1 aliphatic heterocycles. The summed E-state index contributed by atoms with van der Waals surface area (Å²) in [5, 5.41) is 0.482. The number of nitrogens with zero attached hydrogens (tertiary/aromatic N) is 1. The molecule has 0 spiro atoms. The summed E-state index contributed by atoms with van der Waals surface area (Å²) < 4.78 is 0. The molecule has 1 aromatic carbocycles. The van der Waals surface area contributed by atoms with E-state index in [1.807, 2.05) is 4.90 Å². The number of nitrogens with two attached hydrogens (primary N) is 1. The van der Waals surface area contributed by atoms with E-state index in [1.165, 1.54) is 12.8 Å². The molecule has 1 unspecified atom stereocenters. The maximum atomic E-state index is 12.5. The molecule has 1 fully saturated rings. The fraction of sp³-hybridized carbons (Fsp3) is 0.533. The van der Waals surface area contributed by atoms with E-state index in [1.54, 1.807) is 18.2 Å². The molecule has 2 rings (SSSR count). The number of amides is 1. The second-order valence-electron chi connectivity index (χ2n) is 5.24. The molecule has 1 aliphatic rings. The molecule has 1 amide bonds. The normalized spacial score (nSPS) is 20.1. The zero-order valence-electron chi connectivity index (χ0n) is 11.4. The molecule has 0 bridgehead atoms. The summed E-state index contributed by atoms with van der Waals surface area (Å²) in [6.45, 7) is 3.86. The highest BCUT2D eigenvalue weighted by molar-refractivity contribution is 6.34. The van der Waals surface area contributed by atoms with Gasteiger partial charge in [0.25, 0.3) is 5.91 Å².